The summed E-state index contributed by atoms with van der Waals surface area (Å²) in [5.41, 5.74) is 2.57. The first-order chi connectivity index (χ1) is 9.11. The molecule has 2 rings (SSSR count). The van der Waals surface area contributed by atoms with Crippen molar-refractivity contribution in [1.82, 2.24) is 5.32 Å². The first kappa shape index (κ1) is 15.5. The van der Waals surface area contributed by atoms with Gasteiger partial charge in [0.05, 0.1) is 6.10 Å². The lowest BCUT2D eigenvalue weighted by Crippen LogP contribution is -2.25. The van der Waals surface area contributed by atoms with Crippen LogP contribution >= 0.6 is 31.9 Å². The molecular weight excluding hydrogens is 370 g/mol. The molecule has 2 unspecified atom stereocenters. The van der Waals surface area contributed by atoms with Gasteiger partial charge >= 0.3 is 0 Å². The number of ether oxygens (including phenoxy) is 1. The number of aryl methyl sites for hydroxylation is 1. The highest BCUT2D eigenvalue weighted by Crippen LogP contribution is 2.33. The van der Waals surface area contributed by atoms with Crippen LogP contribution in [0.4, 0.5) is 0 Å². The monoisotopic (exact) mass is 389 g/mol. The Kier molecular flexibility index (Phi) is 5.87. The molecule has 2 nitrogen and oxygen atoms in total. The fourth-order valence-electron chi connectivity index (χ4n) is 2.59. The van der Waals surface area contributed by atoms with E-state index in [1.165, 1.54) is 32.9 Å². The van der Waals surface area contributed by atoms with Gasteiger partial charge in [0.15, 0.2) is 0 Å². The molecular formula is C15H21Br2NO. The fraction of sp³-hybridized carbons (Fsp3) is 0.600. The summed E-state index contributed by atoms with van der Waals surface area (Å²) in [6, 6.07) is 4.75. The van der Waals surface area contributed by atoms with E-state index in [4.69, 9.17) is 4.74 Å². The zero-order valence-electron chi connectivity index (χ0n) is 11.5. The van der Waals surface area contributed by atoms with E-state index in [1.54, 1.807) is 0 Å². The van der Waals surface area contributed by atoms with Gasteiger partial charge < -0.3 is 10.1 Å². The molecule has 1 fully saturated rings. The second-order valence-corrected chi connectivity index (χ2v) is 6.81. The highest BCUT2D eigenvalue weighted by atomic mass is 79.9. The van der Waals surface area contributed by atoms with Gasteiger partial charge in [0.25, 0.3) is 0 Å². The van der Waals surface area contributed by atoms with Crippen LogP contribution in [0.15, 0.2) is 21.1 Å². The van der Waals surface area contributed by atoms with Crippen molar-refractivity contribution < 1.29 is 4.74 Å². The maximum atomic E-state index is 5.78. The lowest BCUT2D eigenvalue weighted by atomic mass is 9.98. The van der Waals surface area contributed by atoms with E-state index in [2.05, 4.69) is 63.2 Å². The summed E-state index contributed by atoms with van der Waals surface area (Å²) in [6.07, 6.45) is 3.83. The van der Waals surface area contributed by atoms with Crippen LogP contribution in [-0.4, -0.2) is 19.3 Å². The fourth-order valence-corrected chi connectivity index (χ4v) is 3.68. The van der Waals surface area contributed by atoms with E-state index in [0.717, 1.165) is 19.6 Å². The molecule has 0 aliphatic carbocycles. The van der Waals surface area contributed by atoms with Crippen molar-refractivity contribution in [2.75, 3.05) is 13.2 Å². The summed E-state index contributed by atoms with van der Waals surface area (Å²) in [5.74, 6) is 0. The lowest BCUT2D eigenvalue weighted by molar-refractivity contribution is 0.0947. The Hall–Kier alpha value is 0.1000. The van der Waals surface area contributed by atoms with Crippen LogP contribution in [-0.2, 0) is 4.74 Å². The molecule has 1 saturated heterocycles. The van der Waals surface area contributed by atoms with Crippen molar-refractivity contribution in [2.24, 2.45) is 0 Å². The van der Waals surface area contributed by atoms with Crippen molar-refractivity contribution in [3.63, 3.8) is 0 Å². The first-order valence-electron chi connectivity index (χ1n) is 6.92. The third-order valence-corrected chi connectivity index (χ3v) is 5.17. The molecule has 2 atom stereocenters. The Morgan fingerprint density at radius 1 is 1.37 bits per heavy atom. The number of benzene rings is 1. The average Bonchev–Trinajstić information content (AvgIpc) is 2.86. The molecule has 1 aromatic rings. The van der Waals surface area contributed by atoms with E-state index < -0.39 is 0 Å². The Morgan fingerprint density at radius 3 is 2.79 bits per heavy atom. The minimum Gasteiger partial charge on any atom is -0.378 e. The smallest absolute Gasteiger partial charge is 0.0594 e. The second-order valence-electron chi connectivity index (χ2n) is 5.10. The van der Waals surface area contributed by atoms with Crippen LogP contribution in [0, 0.1) is 6.92 Å². The molecule has 0 spiro atoms. The molecule has 19 heavy (non-hydrogen) atoms. The van der Waals surface area contributed by atoms with Crippen molar-refractivity contribution in [2.45, 2.75) is 45.3 Å². The molecule has 106 valence electrons. The van der Waals surface area contributed by atoms with Crippen LogP contribution in [0.5, 0.6) is 0 Å². The highest BCUT2D eigenvalue weighted by Gasteiger charge is 2.23. The summed E-state index contributed by atoms with van der Waals surface area (Å²) in [6.45, 7) is 6.15. The Labute approximate surface area is 132 Å². The average molecular weight is 391 g/mol. The molecule has 1 aromatic carbocycles. The zero-order chi connectivity index (χ0) is 13.8. The number of nitrogens with one attached hydrogen (secondary N) is 1. The molecule has 0 aromatic heterocycles. The number of rotatable bonds is 5. The van der Waals surface area contributed by atoms with E-state index >= 15 is 0 Å². The van der Waals surface area contributed by atoms with Crippen LogP contribution in [0.2, 0.25) is 0 Å². The number of hydrogen-bond acceptors (Lipinski definition) is 2. The standard InChI is InChI=1S/C15H21Br2NO/c1-3-18-15(8-11-5-4-6-19-11)12-9-13(16)10(2)7-14(12)17/h7,9,11,15,18H,3-6,8H2,1-2H3. The van der Waals surface area contributed by atoms with Gasteiger partial charge in [-0.05, 0) is 56.0 Å². The number of hydrogen-bond donors (Lipinski definition) is 1. The van der Waals surface area contributed by atoms with Crippen LogP contribution in [0.25, 0.3) is 0 Å². The van der Waals surface area contributed by atoms with E-state index in [-0.39, 0.29) is 0 Å². The Bertz CT molecular complexity index is 430. The summed E-state index contributed by atoms with van der Waals surface area (Å²) in [4.78, 5) is 0. The third kappa shape index (κ3) is 4.03. The summed E-state index contributed by atoms with van der Waals surface area (Å²) >= 11 is 7.33. The first-order valence-corrected chi connectivity index (χ1v) is 8.51. The summed E-state index contributed by atoms with van der Waals surface area (Å²) in [7, 11) is 0. The zero-order valence-corrected chi connectivity index (χ0v) is 14.7. The predicted octanol–water partition coefficient (Wildman–Crippen LogP) is 4.74. The van der Waals surface area contributed by atoms with Crippen LogP contribution < -0.4 is 5.32 Å². The topological polar surface area (TPSA) is 21.3 Å². The minimum absolute atomic E-state index is 0.347. The summed E-state index contributed by atoms with van der Waals surface area (Å²) < 4.78 is 8.12. The van der Waals surface area contributed by atoms with E-state index in [0.29, 0.717) is 12.1 Å². The molecule has 1 N–H and O–H groups in total. The normalized spacial score (nSPS) is 20.7. The molecule has 1 aliphatic rings. The number of halogens is 2. The molecule has 0 bridgehead atoms. The van der Waals surface area contributed by atoms with Crippen molar-refractivity contribution >= 4 is 31.9 Å². The van der Waals surface area contributed by atoms with Gasteiger partial charge in [0.1, 0.15) is 0 Å². The Morgan fingerprint density at radius 2 is 2.16 bits per heavy atom. The predicted molar refractivity (Wildman–Crippen MR) is 86.6 cm³/mol. The maximum absolute atomic E-state index is 5.78. The largest absolute Gasteiger partial charge is 0.378 e. The van der Waals surface area contributed by atoms with Gasteiger partial charge in [0.2, 0.25) is 0 Å². The highest BCUT2D eigenvalue weighted by molar-refractivity contribution is 9.11. The molecule has 0 amide bonds. The SMILES string of the molecule is CCNC(CC1CCCO1)c1cc(Br)c(C)cc1Br. The molecule has 1 aliphatic heterocycles. The van der Waals surface area contributed by atoms with E-state index in [1.807, 2.05) is 0 Å². The van der Waals surface area contributed by atoms with Gasteiger partial charge in [0, 0.05) is 21.6 Å². The van der Waals surface area contributed by atoms with Gasteiger partial charge in [-0.1, -0.05) is 38.8 Å². The van der Waals surface area contributed by atoms with Gasteiger partial charge in [-0.25, -0.2) is 0 Å². The van der Waals surface area contributed by atoms with Gasteiger partial charge in [-0.15, -0.1) is 0 Å². The van der Waals surface area contributed by atoms with Crippen molar-refractivity contribution in [3.8, 4) is 0 Å². The van der Waals surface area contributed by atoms with E-state index in [9.17, 15) is 0 Å². The van der Waals surface area contributed by atoms with Gasteiger partial charge in [-0.2, -0.15) is 0 Å². The van der Waals surface area contributed by atoms with Crippen molar-refractivity contribution in [1.29, 1.82) is 0 Å². The summed E-state index contributed by atoms with van der Waals surface area (Å²) in [5, 5.41) is 3.58. The molecule has 0 saturated carbocycles. The van der Waals surface area contributed by atoms with Gasteiger partial charge in [-0.3, -0.25) is 0 Å². The molecule has 4 heteroatoms. The quantitative estimate of drug-likeness (QED) is 0.783. The maximum Gasteiger partial charge on any atom is 0.0594 e. The lowest BCUT2D eigenvalue weighted by Gasteiger charge is -2.23. The van der Waals surface area contributed by atoms with Crippen molar-refractivity contribution in [3.05, 3.63) is 32.2 Å². The Balaban J connectivity index is 2.19. The molecule has 1 heterocycles. The van der Waals surface area contributed by atoms with Crippen LogP contribution in [0.1, 0.15) is 43.4 Å². The minimum atomic E-state index is 0.347. The van der Waals surface area contributed by atoms with Crippen LogP contribution in [0.3, 0.4) is 0 Å². The molecule has 0 radical (unpaired) electrons. The third-order valence-electron chi connectivity index (χ3n) is 3.63. The second kappa shape index (κ2) is 7.21.